The number of hydrogen-bond acceptors (Lipinski definition) is 2. The molecular formula is C13H11ClFNO. The fourth-order valence-corrected chi connectivity index (χ4v) is 1.68. The molecule has 0 aliphatic heterocycles. The fourth-order valence-electron chi connectivity index (χ4n) is 1.44. The maximum Gasteiger partial charge on any atom is 0.165 e. The van der Waals surface area contributed by atoms with E-state index in [1.165, 1.54) is 6.07 Å². The highest BCUT2D eigenvalue weighted by atomic mass is 35.5. The summed E-state index contributed by atoms with van der Waals surface area (Å²) in [6.07, 6.45) is 0. The van der Waals surface area contributed by atoms with Gasteiger partial charge in [-0.15, -0.1) is 0 Å². The van der Waals surface area contributed by atoms with Crippen LogP contribution in [0.1, 0.15) is 5.56 Å². The van der Waals surface area contributed by atoms with Gasteiger partial charge in [0.25, 0.3) is 0 Å². The van der Waals surface area contributed by atoms with Crippen LogP contribution in [0, 0.1) is 5.82 Å². The van der Waals surface area contributed by atoms with Crippen molar-refractivity contribution in [3.05, 3.63) is 58.9 Å². The first-order valence-electron chi connectivity index (χ1n) is 5.08. The largest absolute Gasteiger partial charge is 0.486 e. The number of hydrogen-bond donors (Lipinski definition) is 1. The number of ether oxygens (including phenoxy) is 1. The van der Waals surface area contributed by atoms with E-state index in [2.05, 4.69) is 0 Å². The summed E-state index contributed by atoms with van der Waals surface area (Å²) in [7, 11) is 0. The van der Waals surface area contributed by atoms with Gasteiger partial charge in [0.2, 0.25) is 0 Å². The quantitative estimate of drug-likeness (QED) is 0.846. The lowest BCUT2D eigenvalue weighted by molar-refractivity contribution is 0.291. The van der Waals surface area contributed by atoms with Crippen molar-refractivity contribution in [1.82, 2.24) is 0 Å². The van der Waals surface area contributed by atoms with E-state index >= 15 is 0 Å². The predicted octanol–water partition coefficient (Wildman–Crippen LogP) is 3.64. The lowest BCUT2D eigenvalue weighted by Crippen LogP contribution is -2.02. The van der Waals surface area contributed by atoms with Crippen LogP contribution >= 0.6 is 11.6 Å². The van der Waals surface area contributed by atoms with Gasteiger partial charge in [0.1, 0.15) is 6.61 Å². The topological polar surface area (TPSA) is 35.2 Å². The Kier molecular flexibility index (Phi) is 3.49. The normalized spacial score (nSPS) is 10.2. The average Bonchev–Trinajstić information content (AvgIpc) is 2.30. The Morgan fingerprint density at radius 2 is 1.88 bits per heavy atom. The minimum absolute atomic E-state index is 0.145. The molecule has 88 valence electrons. The zero-order valence-corrected chi connectivity index (χ0v) is 9.75. The monoisotopic (exact) mass is 251 g/mol. The Morgan fingerprint density at radius 1 is 1.12 bits per heavy atom. The van der Waals surface area contributed by atoms with Crippen LogP contribution in [0.25, 0.3) is 0 Å². The second-order valence-corrected chi connectivity index (χ2v) is 3.93. The van der Waals surface area contributed by atoms with Crippen molar-refractivity contribution in [2.24, 2.45) is 0 Å². The average molecular weight is 252 g/mol. The van der Waals surface area contributed by atoms with E-state index in [0.717, 1.165) is 0 Å². The molecule has 0 amide bonds. The number of nitrogen functional groups attached to an aromatic ring is 1. The van der Waals surface area contributed by atoms with Gasteiger partial charge < -0.3 is 10.5 Å². The van der Waals surface area contributed by atoms with Gasteiger partial charge in [-0.05, 0) is 24.3 Å². The van der Waals surface area contributed by atoms with E-state index in [4.69, 9.17) is 22.1 Å². The van der Waals surface area contributed by atoms with E-state index in [-0.39, 0.29) is 12.4 Å². The van der Waals surface area contributed by atoms with Crippen LogP contribution in [-0.4, -0.2) is 0 Å². The highest BCUT2D eigenvalue weighted by Gasteiger charge is 2.07. The van der Waals surface area contributed by atoms with Gasteiger partial charge in [-0.2, -0.15) is 0 Å². The molecule has 0 saturated carbocycles. The summed E-state index contributed by atoms with van der Waals surface area (Å²) in [6.45, 7) is 0.145. The third kappa shape index (κ3) is 2.68. The van der Waals surface area contributed by atoms with Crippen molar-refractivity contribution >= 4 is 17.3 Å². The number of halogens is 2. The minimum Gasteiger partial charge on any atom is -0.486 e. The lowest BCUT2D eigenvalue weighted by Gasteiger charge is -2.10. The molecular weight excluding hydrogens is 241 g/mol. The lowest BCUT2D eigenvalue weighted by atomic mass is 10.2. The molecule has 0 unspecified atom stereocenters. The maximum atomic E-state index is 13.3. The van der Waals surface area contributed by atoms with E-state index in [1.54, 1.807) is 36.4 Å². The molecule has 0 aliphatic carbocycles. The van der Waals surface area contributed by atoms with Crippen LogP contribution in [0.4, 0.5) is 10.1 Å². The standard InChI is InChI=1S/C13H11ClFNO/c14-10-4-3-6-12(16)9(10)8-17-13-7-2-1-5-11(13)15/h1-7H,8,16H2. The van der Waals surface area contributed by atoms with Gasteiger partial charge in [-0.1, -0.05) is 29.8 Å². The van der Waals surface area contributed by atoms with Gasteiger partial charge in [-0.3, -0.25) is 0 Å². The smallest absolute Gasteiger partial charge is 0.165 e. The summed E-state index contributed by atoms with van der Waals surface area (Å²) in [5.74, 6) is -0.218. The first-order valence-corrected chi connectivity index (χ1v) is 5.46. The molecule has 0 aromatic heterocycles. The van der Waals surface area contributed by atoms with Gasteiger partial charge in [0.15, 0.2) is 11.6 Å². The van der Waals surface area contributed by atoms with E-state index in [9.17, 15) is 4.39 Å². The zero-order chi connectivity index (χ0) is 12.3. The molecule has 0 heterocycles. The first-order chi connectivity index (χ1) is 8.18. The molecule has 0 fully saturated rings. The van der Waals surface area contributed by atoms with Crippen LogP contribution in [-0.2, 0) is 6.61 Å². The van der Waals surface area contributed by atoms with E-state index in [1.807, 2.05) is 0 Å². The van der Waals surface area contributed by atoms with Crippen molar-refractivity contribution in [3.8, 4) is 5.75 Å². The summed E-state index contributed by atoms with van der Waals surface area (Å²) in [4.78, 5) is 0. The minimum atomic E-state index is -0.405. The number of nitrogens with two attached hydrogens (primary N) is 1. The van der Waals surface area contributed by atoms with Gasteiger partial charge in [0, 0.05) is 16.3 Å². The van der Waals surface area contributed by atoms with E-state index in [0.29, 0.717) is 16.3 Å². The number of para-hydroxylation sites is 1. The summed E-state index contributed by atoms with van der Waals surface area (Å²) >= 11 is 5.98. The Bertz CT molecular complexity index is 510. The molecule has 2 nitrogen and oxygen atoms in total. The number of anilines is 1. The van der Waals surface area contributed by atoms with Crippen molar-refractivity contribution in [2.75, 3.05) is 5.73 Å². The van der Waals surface area contributed by atoms with Gasteiger partial charge in [0.05, 0.1) is 0 Å². The molecule has 2 rings (SSSR count). The summed E-state index contributed by atoms with van der Waals surface area (Å²) in [6, 6.07) is 11.4. The van der Waals surface area contributed by atoms with E-state index < -0.39 is 5.82 Å². The summed E-state index contributed by atoms with van der Waals surface area (Å²) < 4.78 is 18.6. The molecule has 17 heavy (non-hydrogen) atoms. The second kappa shape index (κ2) is 5.06. The number of rotatable bonds is 3. The highest BCUT2D eigenvalue weighted by Crippen LogP contribution is 2.24. The molecule has 2 aromatic carbocycles. The Hall–Kier alpha value is -1.74. The molecule has 4 heteroatoms. The number of benzene rings is 2. The molecule has 0 radical (unpaired) electrons. The molecule has 0 aliphatic rings. The van der Waals surface area contributed by atoms with Gasteiger partial charge >= 0.3 is 0 Å². The molecule has 0 atom stereocenters. The Balaban J connectivity index is 2.16. The molecule has 0 saturated heterocycles. The Labute approximate surface area is 104 Å². The third-order valence-corrected chi connectivity index (χ3v) is 2.72. The third-order valence-electron chi connectivity index (χ3n) is 2.36. The molecule has 0 spiro atoms. The molecule has 2 N–H and O–H groups in total. The fraction of sp³-hybridized carbons (Fsp3) is 0.0769. The summed E-state index contributed by atoms with van der Waals surface area (Å²) in [5.41, 5.74) is 6.97. The van der Waals surface area contributed by atoms with Crippen molar-refractivity contribution in [2.45, 2.75) is 6.61 Å². The Morgan fingerprint density at radius 3 is 2.59 bits per heavy atom. The molecule has 0 bridgehead atoms. The second-order valence-electron chi connectivity index (χ2n) is 3.53. The van der Waals surface area contributed by atoms with Crippen molar-refractivity contribution < 1.29 is 9.13 Å². The van der Waals surface area contributed by atoms with Crippen LogP contribution < -0.4 is 10.5 Å². The van der Waals surface area contributed by atoms with Crippen molar-refractivity contribution in [3.63, 3.8) is 0 Å². The highest BCUT2D eigenvalue weighted by molar-refractivity contribution is 6.31. The zero-order valence-electron chi connectivity index (χ0n) is 8.99. The first kappa shape index (κ1) is 11.7. The van der Waals surface area contributed by atoms with Crippen LogP contribution in [0.5, 0.6) is 5.75 Å². The predicted molar refractivity (Wildman–Crippen MR) is 66.6 cm³/mol. The van der Waals surface area contributed by atoms with Crippen LogP contribution in [0.15, 0.2) is 42.5 Å². The van der Waals surface area contributed by atoms with Crippen LogP contribution in [0.2, 0.25) is 5.02 Å². The summed E-state index contributed by atoms with van der Waals surface area (Å²) in [5, 5.41) is 0.515. The van der Waals surface area contributed by atoms with Crippen molar-refractivity contribution in [1.29, 1.82) is 0 Å². The maximum absolute atomic E-state index is 13.3. The van der Waals surface area contributed by atoms with Crippen LogP contribution in [0.3, 0.4) is 0 Å². The SMILES string of the molecule is Nc1cccc(Cl)c1COc1ccccc1F. The van der Waals surface area contributed by atoms with Gasteiger partial charge in [-0.25, -0.2) is 4.39 Å². The molecule has 2 aromatic rings.